The third kappa shape index (κ3) is 2.90. The number of amides is 1. The van der Waals surface area contributed by atoms with Gasteiger partial charge in [-0.15, -0.1) is 0 Å². The zero-order valence-corrected chi connectivity index (χ0v) is 15.2. The maximum absolute atomic E-state index is 13.3. The maximum atomic E-state index is 13.3. The zero-order valence-electron chi connectivity index (χ0n) is 15.2. The molecule has 3 saturated carbocycles. The van der Waals surface area contributed by atoms with Gasteiger partial charge in [0.25, 0.3) is 5.91 Å². The van der Waals surface area contributed by atoms with Crippen LogP contribution >= 0.6 is 0 Å². The normalized spacial score (nSPS) is 31.0. The monoisotopic (exact) mass is 349 g/mol. The van der Waals surface area contributed by atoms with Gasteiger partial charge in [0.2, 0.25) is 0 Å². The highest BCUT2D eigenvalue weighted by atomic mass is 16.1. The Hall–Kier alpha value is -1.94. The van der Waals surface area contributed by atoms with Crippen molar-refractivity contribution < 1.29 is 4.79 Å². The van der Waals surface area contributed by atoms with Gasteiger partial charge < -0.3 is 11.1 Å². The van der Waals surface area contributed by atoms with Crippen molar-refractivity contribution >= 4 is 16.8 Å². The number of carbonyl (C=O) groups is 1. The van der Waals surface area contributed by atoms with Crippen molar-refractivity contribution in [3.8, 4) is 0 Å². The summed E-state index contributed by atoms with van der Waals surface area (Å²) in [7, 11) is 0. The third-order valence-corrected chi connectivity index (χ3v) is 6.65. The number of para-hydroxylation sites is 1. The number of nitrogens with one attached hydrogen (secondary N) is 1. The molecular formula is C22H27N3O. The average Bonchev–Trinajstić information content (AvgIpc) is 3.46. The summed E-state index contributed by atoms with van der Waals surface area (Å²) in [5.74, 6) is 1.69. The van der Waals surface area contributed by atoms with E-state index in [0.717, 1.165) is 35.0 Å². The van der Waals surface area contributed by atoms with Crippen LogP contribution in [-0.2, 0) is 0 Å². The van der Waals surface area contributed by atoms with Crippen LogP contribution in [0.4, 0.5) is 0 Å². The molecule has 5 rings (SSSR count). The quantitative estimate of drug-likeness (QED) is 0.887. The van der Waals surface area contributed by atoms with Crippen LogP contribution in [0.5, 0.6) is 0 Å². The number of nitrogens with two attached hydrogens (primary N) is 1. The highest BCUT2D eigenvalue weighted by Gasteiger charge is 2.40. The molecule has 0 saturated heterocycles. The van der Waals surface area contributed by atoms with E-state index in [1.54, 1.807) is 0 Å². The van der Waals surface area contributed by atoms with E-state index in [0.29, 0.717) is 23.8 Å². The summed E-state index contributed by atoms with van der Waals surface area (Å²) in [4.78, 5) is 18.1. The molecule has 26 heavy (non-hydrogen) atoms. The number of hydrogen-bond donors (Lipinski definition) is 2. The van der Waals surface area contributed by atoms with Crippen LogP contribution in [0.15, 0.2) is 30.3 Å². The molecular weight excluding hydrogens is 322 g/mol. The highest BCUT2D eigenvalue weighted by Crippen LogP contribution is 2.41. The molecule has 0 spiro atoms. The lowest BCUT2D eigenvalue weighted by atomic mass is 9.67. The van der Waals surface area contributed by atoms with Crippen molar-refractivity contribution in [2.24, 2.45) is 17.6 Å². The third-order valence-electron chi connectivity index (χ3n) is 6.65. The number of nitrogens with zero attached hydrogens (tertiary/aromatic N) is 1. The van der Waals surface area contributed by atoms with E-state index in [4.69, 9.17) is 10.7 Å². The van der Waals surface area contributed by atoms with Crippen molar-refractivity contribution in [2.75, 3.05) is 0 Å². The Bertz CT molecular complexity index is 830. The van der Waals surface area contributed by atoms with Gasteiger partial charge >= 0.3 is 0 Å². The minimum atomic E-state index is 0.0721. The molecule has 3 N–H and O–H groups in total. The molecule has 2 unspecified atom stereocenters. The molecule has 3 aliphatic carbocycles. The number of fused-ring (bicyclic) bond motifs is 3. The summed E-state index contributed by atoms with van der Waals surface area (Å²) < 4.78 is 0. The highest BCUT2D eigenvalue weighted by molar-refractivity contribution is 6.06. The van der Waals surface area contributed by atoms with Gasteiger partial charge in [0.1, 0.15) is 0 Å². The second kappa shape index (κ2) is 6.34. The van der Waals surface area contributed by atoms with Gasteiger partial charge in [0.15, 0.2) is 0 Å². The minimum Gasteiger partial charge on any atom is -0.349 e. The topological polar surface area (TPSA) is 68.0 Å². The number of pyridine rings is 1. The van der Waals surface area contributed by atoms with E-state index in [1.165, 1.54) is 32.1 Å². The molecule has 2 aromatic rings. The molecule has 1 aromatic heterocycles. The zero-order chi connectivity index (χ0) is 17.7. The maximum Gasteiger partial charge on any atom is 0.252 e. The first-order chi connectivity index (χ1) is 12.7. The summed E-state index contributed by atoms with van der Waals surface area (Å²) in [6.07, 6.45) is 8.14. The lowest BCUT2D eigenvalue weighted by Gasteiger charge is -2.45. The van der Waals surface area contributed by atoms with Gasteiger partial charge in [0.05, 0.1) is 11.1 Å². The molecule has 136 valence electrons. The standard InChI is InChI=1S/C22H27N3O/c23-16-10-14-4-3-5-15(11-16)21(14)25-22(26)18-12-20(13-8-9-13)24-19-7-2-1-6-17(18)19/h1-2,6-7,12-16,21H,3-5,8-11,23H2,(H,25,26). The number of rotatable bonds is 3. The SMILES string of the molecule is NC1CC2CCCC(C1)C2NC(=O)c1cc(C2CC2)nc2ccccc12. The first-order valence-corrected chi connectivity index (χ1v) is 10.1. The molecule has 0 radical (unpaired) electrons. The summed E-state index contributed by atoms with van der Waals surface area (Å²) in [5.41, 5.74) is 9.06. The summed E-state index contributed by atoms with van der Waals surface area (Å²) in [5, 5.41) is 4.38. The van der Waals surface area contributed by atoms with Gasteiger partial charge in [-0.3, -0.25) is 9.78 Å². The predicted molar refractivity (Wildman–Crippen MR) is 103 cm³/mol. The minimum absolute atomic E-state index is 0.0721. The van der Waals surface area contributed by atoms with Gasteiger partial charge in [-0.25, -0.2) is 0 Å². The van der Waals surface area contributed by atoms with E-state index >= 15 is 0 Å². The molecule has 3 fully saturated rings. The lowest BCUT2D eigenvalue weighted by Crippen LogP contribution is -2.53. The fourth-order valence-electron chi connectivity index (χ4n) is 5.23. The number of aromatic nitrogens is 1. The predicted octanol–water partition coefficient (Wildman–Crippen LogP) is 3.75. The van der Waals surface area contributed by atoms with E-state index < -0.39 is 0 Å². The van der Waals surface area contributed by atoms with Crippen LogP contribution in [0.1, 0.15) is 66.9 Å². The number of carbonyl (C=O) groups excluding carboxylic acids is 1. The second-order valence-electron chi connectivity index (χ2n) is 8.57. The summed E-state index contributed by atoms with van der Waals surface area (Å²) in [6.45, 7) is 0. The van der Waals surface area contributed by atoms with E-state index in [1.807, 2.05) is 30.3 Å². The van der Waals surface area contributed by atoms with Gasteiger partial charge in [-0.1, -0.05) is 24.6 Å². The molecule has 1 amide bonds. The average molecular weight is 349 g/mol. The van der Waals surface area contributed by atoms with Crippen molar-refractivity contribution in [3.63, 3.8) is 0 Å². The molecule has 4 heteroatoms. The Morgan fingerprint density at radius 3 is 2.54 bits per heavy atom. The summed E-state index contributed by atoms with van der Waals surface area (Å²) >= 11 is 0. The molecule has 3 aliphatic rings. The Morgan fingerprint density at radius 2 is 1.81 bits per heavy atom. The van der Waals surface area contributed by atoms with Crippen LogP contribution in [-0.4, -0.2) is 23.0 Å². The summed E-state index contributed by atoms with van der Waals surface area (Å²) in [6, 6.07) is 10.7. The Kier molecular flexibility index (Phi) is 3.96. The van der Waals surface area contributed by atoms with E-state index in [-0.39, 0.29) is 11.9 Å². The molecule has 4 nitrogen and oxygen atoms in total. The first-order valence-electron chi connectivity index (χ1n) is 10.1. The van der Waals surface area contributed by atoms with E-state index in [2.05, 4.69) is 5.32 Å². The first kappa shape index (κ1) is 16.2. The number of benzene rings is 1. The van der Waals surface area contributed by atoms with Crippen LogP contribution in [0, 0.1) is 11.8 Å². The molecule has 0 aliphatic heterocycles. The van der Waals surface area contributed by atoms with Crippen molar-refractivity contribution in [2.45, 2.75) is 62.9 Å². The van der Waals surface area contributed by atoms with Crippen LogP contribution in [0.25, 0.3) is 10.9 Å². The van der Waals surface area contributed by atoms with Gasteiger partial charge in [0, 0.05) is 29.1 Å². The Morgan fingerprint density at radius 1 is 1.08 bits per heavy atom. The largest absolute Gasteiger partial charge is 0.349 e. The number of hydrogen-bond acceptors (Lipinski definition) is 3. The fourth-order valence-corrected chi connectivity index (χ4v) is 5.23. The van der Waals surface area contributed by atoms with Crippen LogP contribution < -0.4 is 11.1 Å². The van der Waals surface area contributed by atoms with E-state index in [9.17, 15) is 4.79 Å². The van der Waals surface area contributed by atoms with Crippen LogP contribution in [0.2, 0.25) is 0 Å². The van der Waals surface area contributed by atoms with Crippen LogP contribution in [0.3, 0.4) is 0 Å². The van der Waals surface area contributed by atoms with Crippen molar-refractivity contribution in [3.05, 3.63) is 41.6 Å². The van der Waals surface area contributed by atoms with Gasteiger partial charge in [-0.2, -0.15) is 0 Å². The molecule has 2 atom stereocenters. The second-order valence-corrected chi connectivity index (χ2v) is 8.57. The fraction of sp³-hybridized carbons (Fsp3) is 0.545. The Labute approximate surface area is 154 Å². The van der Waals surface area contributed by atoms with Gasteiger partial charge in [-0.05, 0) is 62.5 Å². The lowest BCUT2D eigenvalue weighted by molar-refractivity contribution is 0.0757. The smallest absolute Gasteiger partial charge is 0.252 e. The molecule has 1 heterocycles. The molecule has 1 aromatic carbocycles. The van der Waals surface area contributed by atoms with Crippen molar-refractivity contribution in [1.29, 1.82) is 0 Å². The van der Waals surface area contributed by atoms with Crippen molar-refractivity contribution in [1.82, 2.24) is 10.3 Å². The molecule has 2 bridgehead atoms. The Balaban J connectivity index is 1.47.